The molecule has 2 aliphatic rings. The zero-order valence-electron chi connectivity index (χ0n) is 41.1. The summed E-state index contributed by atoms with van der Waals surface area (Å²) in [6, 6.07) is -0.933. The summed E-state index contributed by atoms with van der Waals surface area (Å²) in [6.07, 6.45) is 31.5. The molecule has 14 heteroatoms. The fourth-order valence-electron chi connectivity index (χ4n) is 8.12. The average molecular weight is 952 g/mol. The average Bonchev–Trinajstić information content (AvgIpc) is 3.32. The largest absolute Gasteiger partial charge is 0.394 e. The van der Waals surface area contributed by atoms with Gasteiger partial charge in [-0.15, -0.1) is 0 Å². The topological polar surface area (TPSA) is 228 Å². The Hall–Kier alpha value is -2.31. The minimum absolute atomic E-state index is 0.260. The number of aliphatic hydroxyl groups is 8. The van der Waals surface area contributed by atoms with Crippen molar-refractivity contribution in [2.45, 2.75) is 248 Å². The Labute approximate surface area is 403 Å². The molecule has 2 aliphatic heterocycles. The Kier molecular flexibility index (Phi) is 35.8. The van der Waals surface area contributed by atoms with Crippen molar-refractivity contribution in [3.8, 4) is 0 Å². The van der Waals surface area contributed by atoms with Gasteiger partial charge in [-0.2, -0.15) is 0 Å². The zero-order chi connectivity index (χ0) is 48.9. The molecule has 0 radical (unpaired) electrons. The van der Waals surface area contributed by atoms with Crippen LogP contribution >= 0.6 is 0 Å². The minimum Gasteiger partial charge on any atom is -0.394 e. The van der Waals surface area contributed by atoms with Crippen LogP contribution in [0.1, 0.15) is 174 Å². The SMILES string of the molecule is CCCC/C=C/CC/C=C/C(O)C(COC1OC(CO)C(OC2OC(CO)C(O)C(O)C2O)C(O)C1O)NC(=O)CCCCCCCCCCCC/C=C\C/C=C\C/C=C\CCCCCCC. The molecule has 388 valence electrons. The number of unbranched alkanes of at least 4 members (excludes halogenated alkanes) is 18. The first-order valence-corrected chi connectivity index (χ1v) is 26.0. The van der Waals surface area contributed by atoms with Gasteiger partial charge in [-0.05, 0) is 64.2 Å². The van der Waals surface area contributed by atoms with Crippen LogP contribution in [0.2, 0.25) is 0 Å². The fraction of sp³-hybridized carbons (Fsp3) is 0.792. The molecule has 2 rings (SSSR count). The van der Waals surface area contributed by atoms with Crippen LogP contribution in [0, 0.1) is 0 Å². The van der Waals surface area contributed by atoms with E-state index in [4.69, 9.17) is 18.9 Å². The Morgan fingerprint density at radius 3 is 1.61 bits per heavy atom. The maximum Gasteiger partial charge on any atom is 0.220 e. The summed E-state index contributed by atoms with van der Waals surface area (Å²) in [6.45, 7) is 2.65. The van der Waals surface area contributed by atoms with Gasteiger partial charge in [0.15, 0.2) is 12.6 Å². The third-order valence-corrected chi connectivity index (χ3v) is 12.4. The Balaban J connectivity index is 1.73. The normalized spacial score (nSPS) is 27.1. The first-order chi connectivity index (χ1) is 32.6. The number of amides is 1. The molecule has 0 aromatic heterocycles. The van der Waals surface area contributed by atoms with Crippen molar-refractivity contribution in [1.82, 2.24) is 5.32 Å². The highest BCUT2D eigenvalue weighted by Gasteiger charge is 2.51. The monoisotopic (exact) mass is 952 g/mol. The number of rotatable bonds is 39. The van der Waals surface area contributed by atoms with Crippen LogP contribution in [0.3, 0.4) is 0 Å². The van der Waals surface area contributed by atoms with E-state index in [0.717, 1.165) is 64.2 Å². The maximum absolute atomic E-state index is 13.1. The van der Waals surface area contributed by atoms with Crippen molar-refractivity contribution in [1.29, 1.82) is 0 Å². The van der Waals surface area contributed by atoms with Gasteiger partial charge < -0.3 is 65.1 Å². The second kappa shape index (κ2) is 39.4. The van der Waals surface area contributed by atoms with Gasteiger partial charge in [-0.1, -0.05) is 164 Å². The van der Waals surface area contributed by atoms with E-state index in [0.29, 0.717) is 12.8 Å². The summed E-state index contributed by atoms with van der Waals surface area (Å²) >= 11 is 0. The number of carbonyl (C=O) groups excluding carboxylic acids is 1. The number of allylic oxidation sites excluding steroid dienone is 9. The molecule has 0 spiro atoms. The van der Waals surface area contributed by atoms with Crippen molar-refractivity contribution >= 4 is 5.91 Å². The second-order valence-corrected chi connectivity index (χ2v) is 18.3. The highest BCUT2D eigenvalue weighted by Crippen LogP contribution is 2.30. The van der Waals surface area contributed by atoms with Gasteiger partial charge in [-0.25, -0.2) is 0 Å². The molecule has 9 N–H and O–H groups in total. The molecule has 1 amide bonds. The molecule has 2 saturated heterocycles. The van der Waals surface area contributed by atoms with Crippen LogP contribution in [-0.2, 0) is 23.7 Å². The first-order valence-electron chi connectivity index (χ1n) is 26.0. The zero-order valence-corrected chi connectivity index (χ0v) is 41.1. The second-order valence-electron chi connectivity index (χ2n) is 18.3. The molecule has 2 heterocycles. The van der Waals surface area contributed by atoms with Gasteiger partial charge in [0, 0.05) is 6.42 Å². The molecule has 0 bridgehead atoms. The minimum atomic E-state index is -1.79. The van der Waals surface area contributed by atoms with E-state index in [1.165, 1.54) is 77.0 Å². The van der Waals surface area contributed by atoms with Crippen LogP contribution in [0.25, 0.3) is 0 Å². The third-order valence-electron chi connectivity index (χ3n) is 12.4. The van der Waals surface area contributed by atoms with Crippen molar-refractivity contribution in [2.75, 3.05) is 19.8 Å². The summed E-state index contributed by atoms with van der Waals surface area (Å²) in [5.74, 6) is -0.260. The van der Waals surface area contributed by atoms with Crippen LogP contribution in [0.4, 0.5) is 0 Å². The summed E-state index contributed by atoms with van der Waals surface area (Å²) in [7, 11) is 0. The predicted molar refractivity (Wildman–Crippen MR) is 263 cm³/mol. The molecule has 0 saturated carbocycles. The van der Waals surface area contributed by atoms with Crippen molar-refractivity contribution < 1.29 is 64.6 Å². The highest BCUT2D eigenvalue weighted by atomic mass is 16.7. The molecule has 12 unspecified atom stereocenters. The van der Waals surface area contributed by atoms with Gasteiger partial charge in [0.2, 0.25) is 5.91 Å². The molecule has 67 heavy (non-hydrogen) atoms. The van der Waals surface area contributed by atoms with Crippen LogP contribution in [0.15, 0.2) is 60.8 Å². The molecule has 12 atom stereocenters. The number of aliphatic hydroxyl groups excluding tert-OH is 8. The Morgan fingerprint density at radius 1 is 0.537 bits per heavy atom. The predicted octanol–water partition coefficient (Wildman–Crippen LogP) is 7.05. The summed E-state index contributed by atoms with van der Waals surface area (Å²) < 4.78 is 22.6. The van der Waals surface area contributed by atoms with Gasteiger partial charge in [0.1, 0.15) is 48.8 Å². The van der Waals surface area contributed by atoms with E-state index in [2.05, 4.69) is 67.8 Å². The van der Waals surface area contributed by atoms with Gasteiger partial charge in [0.05, 0.1) is 32.0 Å². The van der Waals surface area contributed by atoms with Crippen molar-refractivity contribution in [3.63, 3.8) is 0 Å². The summed E-state index contributed by atoms with van der Waals surface area (Å²) in [5, 5.41) is 86.4. The lowest BCUT2D eigenvalue weighted by Crippen LogP contribution is -2.65. The van der Waals surface area contributed by atoms with Gasteiger partial charge >= 0.3 is 0 Å². The smallest absolute Gasteiger partial charge is 0.220 e. The Bertz CT molecular complexity index is 1360. The van der Waals surface area contributed by atoms with E-state index < -0.39 is 86.8 Å². The summed E-state index contributed by atoms with van der Waals surface area (Å²) in [5.41, 5.74) is 0. The standard InChI is InChI=1S/C53H93NO13/c1-3-5-7-9-11-13-14-15-16-17-18-19-20-21-22-23-24-25-26-27-28-29-31-33-35-37-45(58)54-41(42(57)36-34-32-30-12-10-8-6-4-2)40-64-52-50(63)48(61)51(44(39-56)66-52)67-53-49(62)47(60)46(59)43(38-55)65-53/h10,12,14-15,17-18,20-21,34,36,41-44,46-53,55-57,59-63H,3-9,11,13,16,19,22-33,35,37-40H2,1-2H3,(H,54,58)/b12-10+,15-14-,18-17-,21-20-,36-34+. The maximum atomic E-state index is 13.1. The fourth-order valence-corrected chi connectivity index (χ4v) is 8.12. The van der Waals surface area contributed by atoms with Crippen LogP contribution < -0.4 is 5.32 Å². The van der Waals surface area contributed by atoms with E-state index in [1.807, 2.05) is 6.08 Å². The number of hydrogen-bond donors (Lipinski definition) is 9. The molecule has 0 aromatic rings. The molecular weight excluding hydrogens is 859 g/mol. The van der Waals surface area contributed by atoms with Crippen molar-refractivity contribution in [2.24, 2.45) is 0 Å². The molecule has 2 fully saturated rings. The lowest BCUT2D eigenvalue weighted by molar-refractivity contribution is -0.359. The van der Waals surface area contributed by atoms with Gasteiger partial charge in [-0.3, -0.25) is 4.79 Å². The van der Waals surface area contributed by atoms with E-state index in [1.54, 1.807) is 6.08 Å². The quantitative estimate of drug-likeness (QED) is 0.0223. The molecule has 0 aliphatic carbocycles. The van der Waals surface area contributed by atoms with E-state index in [-0.39, 0.29) is 18.9 Å². The lowest BCUT2D eigenvalue weighted by Gasteiger charge is -2.46. The number of nitrogens with one attached hydrogen (secondary N) is 1. The van der Waals surface area contributed by atoms with Crippen LogP contribution in [0.5, 0.6) is 0 Å². The van der Waals surface area contributed by atoms with Crippen LogP contribution in [-0.4, -0.2) is 140 Å². The Morgan fingerprint density at radius 2 is 1.01 bits per heavy atom. The number of hydrogen-bond acceptors (Lipinski definition) is 13. The summed E-state index contributed by atoms with van der Waals surface area (Å²) in [4.78, 5) is 13.1. The lowest BCUT2D eigenvalue weighted by atomic mass is 9.97. The number of carbonyl (C=O) groups is 1. The van der Waals surface area contributed by atoms with E-state index in [9.17, 15) is 45.6 Å². The van der Waals surface area contributed by atoms with Crippen molar-refractivity contribution in [3.05, 3.63) is 60.8 Å². The highest BCUT2D eigenvalue weighted by molar-refractivity contribution is 5.76. The van der Waals surface area contributed by atoms with E-state index >= 15 is 0 Å². The first kappa shape index (κ1) is 60.8. The molecular formula is C53H93NO13. The third kappa shape index (κ3) is 26.5. The molecule has 14 nitrogen and oxygen atoms in total. The number of ether oxygens (including phenoxy) is 4. The van der Waals surface area contributed by atoms with Gasteiger partial charge in [0.25, 0.3) is 0 Å². The molecule has 0 aromatic carbocycles.